The normalized spacial score (nSPS) is 12.9. The average molecular weight is 288 g/mol. The lowest BCUT2D eigenvalue weighted by molar-refractivity contribution is -0.121. The predicted molar refractivity (Wildman–Crippen MR) is 75.7 cm³/mol. The number of amides is 1. The number of aryl methyl sites for hydroxylation is 1. The number of carbonyl (C=O) groups excluding carboxylic acids is 1. The van der Waals surface area contributed by atoms with Gasteiger partial charge in [0.1, 0.15) is 11.7 Å². The van der Waals surface area contributed by atoms with E-state index in [1.165, 1.54) is 0 Å². The van der Waals surface area contributed by atoms with Gasteiger partial charge in [-0.25, -0.2) is 4.98 Å². The predicted octanol–water partition coefficient (Wildman–Crippen LogP) is 1.13. The molecular formula is C14H16N4O3. The van der Waals surface area contributed by atoms with E-state index in [0.717, 1.165) is 0 Å². The first kappa shape index (κ1) is 14.6. The number of hydrogen-bond acceptors (Lipinski definition) is 5. The largest absolute Gasteiger partial charge is 0.444 e. The Morgan fingerprint density at radius 2 is 2.19 bits per heavy atom. The molecule has 2 rings (SSSR count). The second-order valence-corrected chi connectivity index (χ2v) is 4.45. The van der Waals surface area contributed by atoms with Gasteiger partial charge in [-0.15, -0.1) is 0 Å². The summed E-state index contributed by atoms with van der Waals surface area (Å²) < 4.78 is 5.27. The Kier molecular flexibility index (Phi) is 4.55. The minimum atomic E-state index is -0.868. The first-order chi connectivity index (χ1) is 10.1. The highest BCUT2D eigenvalue weighted by molar-refractivity contribution is 6.07. The molecule has 0 bridgehead atoms. The zero-order valence-electron chi connectivity index (χ0n) is 11.5. The van der Waals surface area contributed by atoms with E-state index < -0.39 is 11.8 Å². The lowest BCUT2D eigenvalue weighted by atomic mass is 9.97. The zero-order valence-corrected chi connectivity index (χ0v) is 11.5. The summed E-state index contributed by atoms with van der Waals surface area (Å²) in [6, 6.07) is 8.84. The average Bonchev–Trinajstić information content (AvgIpc) is 2.92. The van der Waals surface area contributed by atoms with E-state index >= 15 is 0 Å². The Labute approximate surface area is 121 Å². The van der Waals surface area contributed by atoms with Crippen molar-refractivity contribution in [1.29, 1.82) is 0 Å². The van der Waals surface area contributed by atoms with Crippen molar-refractivity contribution < 1.29 is 14.4 Å². The fourth-order valence-electron chi connectivity index (χ4n) is 1.91. The van der Waals surface area contributed by atoms with Crippen LogP contribution in [0.5, 0.6) is 0 Å². The molecule has 1 aromatic carbocycles. The molecule has 0 aliphatic rings. The van der Waals surface area contributed by atoms with Gasteiger partial charge in [0.2, 0.25) is 11.8 Å². The molecule has 110 valence electrons. The van der Waals surface area contributed by atoms with Crippen molar-refractivity contribution in [1.82, 2.24) is 10.3 Å². The highest BCUT2D eigenvalue weighted by atomic mass is 16.4. The second-order valence-electron chi connectivity index (χ2n) is 4.45. The molecule has 2 aromatic rings. The number of rotatable bonds is 5. The van der Waals surface area contributed by atoms with Crippen LogP contribution in [0.1, 0.15) is 23.1 Å². The van der Waals surface area contributed by atoms with Crippen LogP contribution in [0.3, 0.4) is 0 Å². The maximum Gasteiger partial charge on any atom is 0.235 e. The van der Waals surface area contributed by atoms with Gasteiger partial charge in [0.05, 0.1) is 12.7 Å². The van der Waals surface area contributed by atoms with Crippen molar-refractivity contribution in [2.24, 2.45) is 10.9 Å². The van der Waals surface area contributed by atoms with Crippen molar-refractivity contribution in [3.8, 4) is 0 Å². The van der Waals surface area contributed by atoms with Crippen LogP contribution in [0.2, 0.25) is 0 Å². The molecule has 0 aliphatic heterocycles. The molecule has 1 aromatic heterocycles. The fraction of sp³-hybridized carbons (Fsp3) is 0.214. The number of oxazole rings is 1. The monoisotopic (exact) mass is 288 g/mol. The molecule has 0 saturated heterocycles. The summed E-state index contributed by atoms with van der Waals surface area (Å²) in [7, 11) is 0. The summed E-state index contributed by atoms with van der Waals surface area (Å²) in [5, 5.41) is 14.5. The van der Waals surface area contributed by atoms with Crippen LogP contribution in [0.15, 0.2) is 46.1 Å². The minimum Gasteiger partial charge on any atom is -0.444 e. The van der Waals surface area contributed by atoms with Crippen molar-refractivity contribution in [3.63, 3.8) is 0 Å². The van der Waals surface area contributed by atoms with Crippen LogP contribution in [0, 0.1) is 6.92 Å². The molecule has 0 saturated carbocycles. The molecule has 4 N–H and O–H groups in total. The van der Waals surface area contributed by atoms with Crippen LogP contribution in [-0.4, -0.2) is 21.9 Å². The second kappa shape index (κ2) is 6.56. The van der Waals surface area contributed by atoms with Crippen molar-refractivity contribution >= 4 is 11.7 Å². The molecule has 0 aliphatic carbocycles. The number of nitrogens with one attached hydrogen (secondary N) is 1. The van der Waals surface area contributed by atoms with E-state index in [-0.39, 0.29) is 12.4 Å². The van der Waals surface area contributed by atoms with Gasteiger partial charge in [-0.1, -0.05) is 35.5 Å². The third-order valence-electron chi connectivity index (χ3n) is 2.89. The molecule has 0 spiro atoms. The Balaban J connectivity index is 2.12. The minimum absolute atomic E-state index is 0.134. The summed E-state index contributed by atoms with van der Waals surface area (Å²) in [4.78, 5) is 16.3. The summed E-state index contributed by atoms with van der Waals surface area (Å²) in [5.41, 5.74) is 6.26. The van der Waals surface area contributed by atoms with Crippen LogP contribution in [-0.2, 0) is 11.3 Å². The smallest absolute Gasteiger partial charge is 0.235 e. The summed E-state index contributed by atoms with van der Waals surface area (Å²) >= 11 is 0. The third kappa shape index (κ3) is 3.59. The number of benzene rings is 1. The van der Waals surface area contributed by atoms with Crippen molar-refractivity contribution in [2.45, 2.75) is 19.4 Å². The lowest BCUT2D eigenvalue weighted by Gasteiger charge is -2.15. The molecule has 7 heteroatoms. The summed E-state index contributed by atoms with van der Waals surface area (Å²) in [6.07, 6.45) is 1.57. The van der Waals surface area contributed by atoms with Gasteiger partial charge in [-0.05, 0) is 12.5 Å². The number of nitrogens with zero attached hydrogens (tertiary/aromatic N) is 2. The highest BCUT2D eigenvalue weighted by Crippen LogP contribution is 2.16. The number of nitrogens with two attached hydrogens (primary N) is 1. The van der Waals surface area contributed by atoms with Crippen LogP contribution >= 0.6 is 0 Å². The first-order valence-corrected chi connectivity index (χ1v) is 6.33. The molecule has 7 nitrogen and oxygen atoms in total. The van der Waals surface area contributed by atoms with E-state index in [0.29, 0.717) is 17.2 Å². The first-order valence-electron chi connectivity index (χ1n) is 6.33. The molecule has 21 heavy (non-hydrogen) atoms. The van der Waals surface area contributed by atoms with Crippen molar-refractivity contribution in [3.05, 3.63) is 53.7 Å². The molecule has 1 heterocycles. The SMILES string of the molecule is Cc1cnc(CNC(=O)C(/C(N)=N/O)c2ccccc2)o1. The Morgan fingerprint density at radius 3 is 2.76 bits per heavy atom. The molecule has 1 atom stereocenters. The van der Waals surface area contributed by atoms with Gasteiger partial charge in [-0.3, -0.25) is 4.79 Å². The molecule has 1 unspecified atom stereocenters. The van der Waals surface area contributed by atoms with Crippen molar-refractivity contribution in [2.75, 3.05) is 0 Å². The quantitative estimate of drug-likeness (QED) is 0.330. The Hall–Kier alpha value is -2.83. The molecule has 1 amide bonds. The van der Waals surface area contributed by atoms with E-state index in [2.05, 4.69) is 15.5 Å². The molecule has 0 radical (unpaired) electrons. The lowest BCUT2D eigenvalue weighted by Crippen LogP contribution is -2.37. The van der Waals surface area contributed by atoms with E-state index in [4.69, 9.17) is 15.4 Å². The Morgan fingerprint density at radius 1 is 1.48 bits per heavy atom. The third-order valence-corrected chi connectivity index (χ3v) is 2.89. The van der Waals surface area contributed by atoms with Gasteiger partial charge in [0.15, 0.2) is 5.84 Å². The number of aromatic nitrogens is 1. The highest BCUT2D eigenvalue weighted by Gasteiger charge is 2.25. The van der Waals surface area contributed by atoms with Crippen LogP contribution in [0.4, 0.5) is 0 Å². The van der Waals surface area contributed by atoms with Gasteiger partial charge in [0.25, 0.3) is 0 Å². The Bertz CT molecular complexity index is 637. The van der Waals surface area contributed by atoms with E-state index in [9.17, 15) is 4.79 Å². The van der Waals surface area contributed by atoms with E-state index in [1.54, 1.807) is 37.4 Å². The topological polar surface area (TPSA) is 114 Å². The fourth-order valence-corrected chi connectivity index (χ4v) is 1.91. The number of hydrogen-bond donors (Lipinski definition) is 3. The van der Waals surface area contributed by atoms with Gasteiger partial charge in [0, 0.05) is 0 Å². The van der Waals surface area contributed by atoms with Gasteiger partial charge in [-0.2, -0.15) is 0 Å². The number of carbonyl (C=O) groups is 1. The van der Waals surface area contributed by atoms with E-state index in [1.807, 2.05) is 6.07 Å². The van der Waals surface area contributed by atoms with Crippen LogP contribution in [0.25, 0.3) is 0 Å². The maximum atomic E-state index is 12.3. The standard InChI is InChI=1S/C14H16N4O3/c1-9-7-16-11(21-9)8-17-14(19)12(13(15)18-20)10-5-3-2-4-6-10/h2-7,12,20H,8H2,1H3,(H2,15,18)(H,17,19). The summed E-state index contributed by atoms with van der Waals surface area (Å²) in [6.45, 7) is 1.90. The van der Waals surface area contributed by atoms with Crippen LogP contribution < -0.4 is 11.1 Å². The van der Waals surface area contributed by atoms with Gasteiger partial charge < -0.3 is 20.7 Å². The molecule has 0 fully saturated rings. The zero-order chi connectivity index (χ0) is 15.2. The summed E-state index contributed by atoms with van der Waals surface area (Å²) in [5.74, 6) is -0.385. The molecular weight excluding hydrogens is 272 g/mol. The number of oxime groups is 1. The van der Waals surface area contributed by atoms with Gasteiger partial charge >= 0.3 is 0 Å². The number of amidine groups is 1. The maximum absolute atomic E-state index is 12.3.